The maximum absolute atomic E-state index is 13.4. The molecule has 4 nitrogen and oxygen atoms in total. The summed E-state index contributed by atoms with van der Waals surface area (Å²) in [5, 5.41) is 11.2. The number of nitrogens with zero attached hydrogens (tertiary/aromatic N) is 2. The molecule has 1 saturated heterocycles. The third-order valence-corrected chi connectivity index (χ3v) is 3.42. The molecule has 0 aromatic carbocycles. The Bertz CT molecular complexity index is 283. The average Bonchev–Trinajstić information content (AvgIpc) is 2.68. The SMILES string of the molecule is NC(CN1C[C@H]2CCC(F)(F)[C@H]2C1)=NO. The first-order chi connectivity index (χ1) is 7.03. The number of fused-ring (bicyclic) bond motifs is 1. The number of amidine groups is 1. The van der Waals surface area contributed by atoms with E-state index in [9.17, 15) is 8.78 Å². The van der Waals surface area contributed by atoms with Crippen LogP contribution in [0.25, 0.3) is 0 Å². The van der Waals surface area contributed by atoms with Crippen LogP contribution >= 0.6 is 0 Å². The van der Waals surface area contributed by atoms with Gasteiger partial charge in [-0.3, -0.25) is 4.90 Å². The minimum Gasteiger partial charge on any atom is -0.409 e. The molecule has 15 heavy (non-hydrogen) atoms. The highest BCUT2D eigenvalue weighted by molar-refractivity contribution is 5.81. The zero-order valence-corrected chi connectivity index (χ0v) is 8.37. The Morgan fingerprint density at radius 2 is 2.27 bits per heavy atom. The summed E-state index contributed by atoms with van der Waals surface area (Å²) in [6.07, 6.45) is 0.601. The first-order valence-electron chi connectivity index (χ1n) is 5.09. The molecule has 2 atom stereocenters. The van der Waals surface area contributed by atoms with Gasteiger partial charge in [0.15, 0.2) is 5.84 Å². The minimum absolute atomic E-state index is 0.0136. The van der Waals surface area contributed by atoms with Gasteiger partial charge in [-0.15, -0.1) is 0 Å². The van der Waals surface area contributed by atoms with Crippen LogP contribution in [0.3, 0.4) is 0 Å². The molecule has 3 N–H and O–H groups in total. The number of alkyl halides is 2. The van der Waals surface area contributed by atoms with Crippen LogP contribution in [0.1, 0.15) is 12.8 Å². The lowest BCUT2D eigenvalue weighted by Gasteiger charge is -2.19. The van der Waals surface area contributed by atoms with Crippen LogP contribution in [0.4, 0.5) is 8.78 Å². The summed E-state index contributed by atoms with van der Waals surface area (Å²) in [4.78, 5) is 1.83. The summed E-state index contributed by atoms with van der Waals surface area (Å²) in [5.74, 6) is -2.90. The largest absolute Gasteiger partial charge is 0.409 e. The highest BCUT2D eigenvalue weighted by atomic mass is 19.3. The van der Waals surface area contributed by atoms with Crippen molar-refractivity contribution < 1.29 is 14.0 Å². The fraction of sp³-hybridized carbons (Fsp3) is 0.889. The van der Waals surface area contributed by atoms with Gasteiger partial charge in [-0.2, -0.15) is 0 Å². The van der Waals surface area contributed by atoms with E-state index in [0.29, 0.717) is 19.5 Å². The zero-order chi connectivity index (χ0) is 11.1. The lowest BCUT2D eigenvalue weighted by atomic mass is 9.99. The molecular formula is C9H15F2N3O. The van der Waals surface area contributed by atoms with E-state index in [1.807, 2.05) is 4.90 Å². The van der Waals surface area contributed by atoms with E-state index in [0.717, 1.165) is 0 Å². The van der Waals surface area contributed by atoms with E-state index >= 15 is 0 Å². The van der Waals surface area contributed by atoms with Gasteiger partial charge in [-0.1, -0.05) is 5.16 Å². The van der Waals surface area contributed by atoms with Crippen molar-refractivity contribution in [3.05, 3.63) is 0 Å². The number of hydrogen-bond donors (Lipinski definition) is 2. The molecule has 0 amide bonds. The molecule has 0 bridgehead atoms. The quantitative estimate of drug-likeness (QED) is 0.311. The fourth-order valence-electron chi connectivity index (χ4n) is 2.68. The molecule has 1 aliphatic heterocycles. The van der Waals surface area contributed by atoms with Gasteiger partial charge in [0, 0.05) is 25.4 Å². The molecule has 2 rings (SSSR count). The third-order valence-electron chi connectivity index (χ3n) is 3.42. The van der Waals surface area contributed by atoms with E-state index in [4.69, 9.17) is 10.9 Å². The number of halogens is 2. The van der Waals surface area contributed by atoms with Gasteiger partial charge in [0.05, 0.1) is 6.54 Å². The van der Waals surface area contributed by atoms with Crippen molar-refractivity contribution in [3.63, 3.8) is 0 Å². The van der Waals surface area contributed by atoms with Crippen LogP contribution in [0.5, 0.6) is 0 Å². The molecule has 2 aliphatic rings. The number of rotatable bonds is 2. The summed E-state index contributed by atoms with van der Waals surface area (Å²) in [5.41, 5.74) is 5.34. The Hall–Kier alpha value is -0.910. The van der Waals surface area contributed by atoms with Gasteiger partial charge in [0.25, 0.3) is 5.92 Å². The molecule has 1 heterocycles. The van der Waals surface area contributed by atoms with E-state index in [1.165, 1.54) is 0 Å². The lowest BCUT2D eigenvalue weighted by Crippen LogP contribution is -2.35. The smallest absolute Gasteiger partial charge is 0.252 e. The molecule has 86 valence electrons. The molecule has 1 aliphatic carbocycles. The van der Waals surface area contributed by atoms with Gasteiger partial charge in [0.2, 0.25) is 0 Å². The van der Waals surface area contributed by atoms with Crippen LogP contribution in [-0.4, -0.2) is 41.5 Å². The summed E-state index contributed by atoms with van der Waals surface area (Å²) in [6.45, 7) is 1.27. The maximum Gasteiger partial charge on any atom is 0.252 e. The highest BCUT2D eigenvalue weighted by Crippen LogP contribution is 2.47. The molecule has 0 aromatic rings. The first-order valence-corrected chi connectivity index (χ1v) is 5.09. The molecule has 0 aromatic heterocycles. The summed E-state index contributed by atoms with van der Waals surface area (Å²) in [6, 6.07) is 0. The van der Waals surface area contributed by atoms with Gasteiger partial charge in [0.1, 0.15) is 0 Å². The molecule has 0 unspecified atom stereocenters. The second kappa shape index (κ2) is 3.59. The lowest BCUT2D eigenvalue weighted by molar-refractivity contribution is -0.0393. The van der Waals surface area contributed by atoms with Crippen LogP contribution in [0.15, 0.2) is 5.16 Å². The second-order valence-corrected chi connectivity index (χ2v) is 4.45. The third kappa shape index (κ3) is 1.90. The van der Waals surface area contributed by atoms with E-state index in [1.54, 1.807) is 0 Å². The van der Waals surface area contributed by atoms with E-state index in [2.05, 4.69) is 5.16 Å². The molecule has 2 fully saturated rings. The van der Waals surface area contributed by atoms with Gasteiger partial charge < -0.3 is 10.9 Å². The number of likely N-dealkylation sites (tertiary alicyclic amines) is 1. The maximum atomic E-state index is 13.4. The van der Waals surface area contributed by atoms with Crippen LogP contribution < -0.4 is 5.73 Å². The average molecular weight is 219 g/mol. The Kier molecular flexibility index (Phi) is 2.54. The van der Waals surface area contributed by atoms with Crippen molar-refractivity contribution in [1.29, 1.82) is 0 Å². The zero-order valence-electron chi connectivity index (χ0n) is 8.37. The Morgan fingerprint density at radius 3 is 2.87 bits per heavy atom. The highest BCUT2D eigenvalue weighted by Gasteiger charge is 2.53. The van der Waals surface area contributed by atoms with Gasteiger partial charge in [-0.05, 0) is 12.3 Å². The molecule has 1 saturated carbocycles. The summed E-state index contributed by atoms with van der Waals surface area (Å²) in [7, 11) is 0. The Labute approximate surface area is 86.7 Å². The van der Waals surface area contributed by atoms with Crippen LogP contribution in [0.2, 0.25) is 0 Å². The standard InChI is InChI=1S/C9H15F2N3O/c10-9(11)2-1-6-3-14(4-7(6)9)5-8(12)13-15/h6-7,15H,1-5H2,(H2,12,13)/t6-,7+/m1/s1. The first kappa shape index (κ1) is 10.6. The Morgan fingerprint density at radius 1 is 1.53 bits per heavy atom. The molecule has 0 spiro atoms. The van der Waals surface area contributed by atoms with E-state index < -0.39 is 11.8 Å². The van der Waals surface area contributed by atoms with Crippen molar-refractivity contribution in [2.75, 3.05) is 19.6 Å². The Balaban J connectivity index is 1.96. The summed E-state index contributed by atoms with van der Waals surface area (Å²) >= 11 is 0. The number of nitrogens with two attached hydrogens (primary N) is 1. The second-order valence-electron chi connectivity index (χ2n) is 4.45. The van der Waals surface area contributed by atoms with Crippen LogP contribution in [-0.2, 0) is 0 Å². The normalized spacial score (nSPS) is 35.7. The number of hydrogen-bond acceptors (Lipinski definition) is 3. The van der Waals surface area contributed by atoms with Crippen molar-refractivity contribution >= 4 is 5.84 Å². The van der Waals surface area contributed by atoms with Crippen molar-refractivity contribution in [2.45, 2.75) is 18.8 Å². The molecule has 0 radical (unpaired) electrons. The summed E-state index contributed by atoms with van der Waals surface area (Å²) < 4.78 is 26.7. The van der Waals surface area contributed by atoms with Crippen molar-refractivity contribution in [2.24, 2.45) is 22.7 Å². The van der Waals surface area contributed by atoms with Gasteiger partial charge in [-0.25, -0.2) is 8.78 Å². The van der Waals surface area contributed by atoms with Gasteiger partial charge >= 0.3 is 0 Å². The van der Waals surface area contributed by atoms with Crippen molar-refractivity contribution in [1.82, 2.24) is 4.90 Å². The molecular weight excluding hydrogens is 204 g/mol. The minimum atomic E-state index is -2.52. The monoisotopic (exact) mass is 219 g/mol. The topological polar surface area (TPSA) is 61.8 Å². The number of oxime groups is 1. The van der Waals surface area contributed by atoms with Crippen LogP contribution in [0, 0.1) is 11.8 Å². The predicted molar refractivity (Wildman–Crippen MR) is 51.0 cm³/mol. The van der Waals surface area contributed by atoms with E-state index in [-0.39, 0.29) is 24.7 Å². The molecule has 6 heteroatoms. The fourth-order valence-corrected chi connectivity index (χ4v) is 2.68. The van der Waals surface area contributed by atoms with Crippen molar-refractivity contribution in [3.8, 4) is 0 Å². The predicted octanol–water partition coefficient (Wildman–Crippen LogP) is 0.710.